The Bertz CT molecular complexity index is 540. The van der Waals surface area contributed by atoms with Crippen molar-refractivity contribution in [3.63, 3.8) is 0 Å². The molecule has 0 saturated heterocycles. The average Bonchev–Trinajstić information content (AvgIpc) is 3.00. The summed E-state index contributed by atoms with van der Waals surface area (Å²) in [6.45, 7) is 5.28. The van der Waals surface area contributed by atoms with E-state index in [1.54, 1.807) is 0 Å². The van der Waals surface area contributed by atoms with E-state index in [0.717, 1.165) is 25.8 Å². The lowest BCUT2D eigenvalue weighted by Crippen LogP contribution is -2.22. The van der Waals surface area contributed by atoms with Gasteiger partial charge >= 0.3 is 0 Å². The molecule has 1 atom stereocenters. The molecule has 0 aliphatic heterocycles. The Kier molecular flexibility index (Phi) is 4.95. The molecule has 2 aromatic rings. The highest BCUT2D eigenvalue weighted by atomic mass is 15.3. The summed E-state index contributed by atoms with van der Waals surface area (Å²) in [4.78, 5) is 0. The van der Waals surface area contributed by atoms with E-state index < -0.39 is 0 Å². The molecule has 0 aromatic carbocycles. The van der Waals surface area contributed by atoms with Gasteiger partial charge in [0.2, 0.25) is 0 Å². The highest BCUT2D eigenvalue weighted by molar-refractivity contribution is 5.22. The number of aryl methyl sites for hydroxylation is 4. The van der Waals surface area contributed by atoms with Crippen LogP contribution in [-0.4, -0.2) is 26.1 Å². The van der Waals surface area contributed by atoms with E-state index >= 15 is 0 Å². The SMILES string of the molecule is CCNC(CCc1ccnn1C)c1cn(C)nc1CC. The lowest BCUT2D eigenvalue weighted by atomic mass is 10.0. The first-order valence-corrected chi connectivity index (χ1v) is 7.38. The van der Waals surface area contributed by atoms with Crippen molar-refractivity contribution in [3.8, 4) is 0 Å². The lowest BCUT2D eigenvalue weighted by molar-refractivity contribution is 0.503. The number of aromatic nitrogens is 4. The van der Waals surface area contributed by atoms with E-state index in [2.05, 4.69) is 41.6 Å². The summed E-state index contributed by atoms with van der Waals surface area (Å²) in [6.07, 6.45) is 7.07. The molecule has 2 aromatic heterocycles. The van der Waals surface area contributed by atoms with Gasteiger partial charge in [0.15, 0.2) is 0 Å². The first kappa shape index (κ1) is 14.8. The molecule has 0 saturated carbocycles. The molecule has 0 spiro atoms. The van der Waals surface area contributed by atoms with E-state index in [-0.39, 0.29) is 0 Å². The molecule has 2 rings (SSSR count). The van der Waals surface area contributed by atoms with E-state index in [1.807, 2.05) is 29.7 Å². The van der Waals surface area contributed by atoms with E-state index in [0.29, 0.717) is 6.04 Å². The van der Waals surface area contributed by atoms with E-state index in [1.165, 1.54) is 17.0 Å². The summed E-state index contributed by atoms with van der Waals surface area (Å²) in [6, 6.07) is 2.45. The Morgan fingerprint density at radius 3 is 2.70 bits per heavy atom. The Morgan fingerprint density at radius 2 is 2.10 bits per heavy atom. The Hall–Kier alpha value is -1.62. The van der Waals surface area contributed by atoms with Gasteiger partial charge in [0.05, 0.1) is 5.69 Å². The van der Waals surface area contributed by atoms with Crippen LogP contribution in [0, 0.1) is 0 Å². The van der Waals surface area contributed by atoms with Gasteiger partial charge in [-0.2, -0.15) is 10.2 Å². The first-order chi connectivity index (χ1) is 9.65. The molecule has 5 nitrogen and oxygen atoms in total. The van der Waals surface area contributed by atoms with Gasteiger partial charge in [0.25, 0.3) is 0 Å². The van der Waals surface area contributed by atoms with Crippen LogP contribution in [0.2, 0.25) is 0 Å². The highest BCUT2D eigenvalue weighted by Crippen LogP contribution is 2.22. The average molecular weight is 275 g/mol. The van der Waals surface area contributed by atoms with Crippen LogP contribution < -0.4 is 5.32 Å². The number of hydrogen-bond acceptors (Lipinski definition) is 3. The predicted molar refractivity (Wildman–Crippen MR) is 80.5 cm³/mol. The number of nitrogens with one attached hydrogen (secondary N) is 1. The minimum absolute atomic E-state index is 0.360. The topological polar surface area (TPSA) is 47.7 Å². The van der Waals surface area contributed by atoms with Gasteiger partial charge in [0.1, 0.15) is 0 Å². The van der Waals surface area contributed by atoms with Crippen LogP contribution in [0.15, 0.2) is 18.5 Å². The molecule has 0 aliphatic rings. The van der Waals surface area contributed by atoms with Crippen molar-refractivity contribution in [3.05, 3.63) is 35.4 Å². The molecule has 1 unspecified atom stereocenters. The first-order valence-electron chi connectivity index (χ1n) is 7.38. The van der Waals surface area contributed by atoms with Crippen LogP contribution in [0.3, 0.4) is 0 Å². The maximum Gasteiger partial charge on any atom is 0.0669 e. The van der Waals surface area contributed by atoms with Gasteiger partial charge < -0.3 is 5.32 Å². The summed E-state index contributed by atoms with van der Waals surface area (Å²) in [7, 11) is 3.99. The highest BCUT2D eigenvalue weighted by Gasteiger charge is 2.17. The Balaban J connectivity index is 2.12. The standard InChI is InChI=1S/C15H25N5/c1-5-14-13(11-19(3)18-14)15(16-6-2)8-7-12-9-10-17-20(12)4/h9-11,15-16H,5-8H2,1-4H3. The normalized spacial score (nSPS) is 12.8. The maximum absolute atomic E-state index is 4.55. The van der Waals surface area contributed by atoms with Crippen molar-refractivity contribution >= 4 is 0 Å². The molecule has 20 heavy (non-hydrogen) atoms. The van der Waals surface area contributed by atoms with Crippen molar-refractivity contribution in [1.82, 2.24) is 24.9 Å². The molecule has 0 aliphatic carbocycles. The summed E-state index contributed by atoms with van der Waals surface area (Å²) in [5.74, 6) is 0. The second kappa shape index (κ2) is 6.70. The summed E-state index contributed by atoms with van der Waals surface area (Å²) >= 11 is 0. The van der Waals surface area contributed by atoms with Crippen molar-refractivity contribution in [2.75, 3.05) is 6.54 Å². The third-order valence-electron chi connectivity index (χ3n) is 3.71. The fourth-order valence-corrected chi connectivity index (χ4v) is 2.67. The van der Waals surface area contributed by atoms with Crippen LogP contribution in [-0.2, 0) is 26.9 Å². The van der Waals surface area contributed by atoms with E-state index in [4.69, 9.17) is 0 Å². The molecule has 0 fully saturated rings. The second-order valence-electron chi connectivity index (χ2n) is 5.15. The fraction of sp³-hybridized carbons (Fsp3) is 0.600. The molecule has 2 heterocycles. The summed E-state index contributed by atoms with van der Waals surface area (Å²) < 4.78 is 3.87. The zero-order valence-corrected chi connectivity index (χ0v) is 12.9. The van der Waals surface area contributed by atoms with Gasteiger partial charge in [-0.15, -0.1) is 0 Å². The molecular weight excluding hydrogens is 250 g/mol. The van der Waals surface area contributed by atoms with Gasteiger partial charge in [-0.25, -0.2) is 0 Å². The Labute approximate surface area is 121 Å². The lowest BCUT2D eigenvalue weighted by Gasteiger charge is -2.18. The summed E-state index contributed by atoms with van der Waals surface area (Å²) in [5.41, 5.74) is 3.80. The number of hydrogen-bond donors (Lipinski definition) is 1. The monoisotopic (exact) mass is 275 g/mol. The minimum atomic E-state index is 0.360. The van der Waals surface area contributed by atoms with Crippen molar-refractivity contribution in [2.24, 2.45) is 14.1 Å². The molecule has 5 heteroatoms. The molecule has 110 valence electrons. The quantitative estimate of drug-likeness (QED) is 0.841. The van der Waals surface area contributed by atoms with Crippen molar-refractivity contribution in [1.29, 1.82) is 0 Å². The molecule has 0 amide bonds. The fourth-order valence-electron chi connectivity index (χ4n) is 2.67. The van der Waals surface area contributed by atoms with Crippen LogP contribution in [0.1, 0.15) is 43.3 Å². The van der Waals surface area contributed by atoms with Gasteiger partial charge in [-0.1, -0.05) is 13.8 Å². The van der Waals surface area contributed by atoms with Gasteiger partial charge in [-0.3, -0.25) is 9.36 Å². The summed E-state index contributed by atoms with van der Waals surface area (Å²) in [5, 5.41) is 12.4. The third kappa shape index (κ3) is 3.28. The van der Waals surface area contributed by atoms with Crippen LogP contribution in [0.4, 0.5) is 0 Å². The second-order valence-corrected chi connectivity index (χ2v) is 5.15. The molecule has 0 radical (unpaired) electrons. The van der Waals surface area contributed by atoms with Gasteiger partial charge in [0, 0.05) is 43.8 Å². The third-order valence-corrected chi connectivity index (χ3v) is 3.71. The zero-order chi connectivity index (χ0) is 14.5. The zero-order valence-electron chi connectivity index (χ0n) is 12.9. The van der Waals surface area contributed by atoms with E-state index in [9.17, 15) is 0 Å². The predicted octanol–water partition coefficient (Wildman–Crippen LogP) is 2.00. The van der Waals surface area contributed by atoms with Crippen LogP contribution in [0.25, 0.3) is 0 Å². The molecular formula is C15H25N5. The van der Waals surface area contributed by atoms with Crippen LogP contribution >= 0.6 is 0 Å². The maximum atomic E-state index is 4.55. The molecule has 0 bridgehead atoms. The largest absolute Gasteiger partial charge is 0.310 e. The minimum Gasteiger partial charge on any atom is -0.310 e. The number of nitrogens with zero attached hydrogens (tertiary/aromatic N) is 4. The smallest absolute Gasteiger partial charge is 0.0669 e. The van der Waals surface area contributed by atoms with Crippen molar-refractivity contribution in [2.45, 2.75) is 39.2 Å². The Morgan fingerprint density at radius 1 is 1.30 bits per heavy atom. The van der Waals surface area contributed by atoms with Crippen LogP contribution in [0.5, 0.6) is 0 Å². The van der Waals surface area contributed by atoms with Gasteiger partial charge in [-0.05, 0) is 31.9 Å². The molecule has 1 N–H and O–H groups in total. The number of rotatable bonds is 7. The van der Waals surface area contributed by atoms with Crippen molar-refractivity contribution < 1.29 is 0 Å².